The highest BCUT2D eigenvalue weighted by Gasteiger charge is 2.35. The van der Waals surface area contributed by atoms with Gasteiger partial charge < -0.3 is 10.5 Å². The van der Waals surface area contributed by atoms with Crippen LogP contribution in [0.5, 0.6) is 0 Å². The third-order valence-corrected chi connectivity index (χ3v) is 4.80. The van der Waals surface area contributed by atoms with Crippen molar-refractivity contribution in [3.8, 4) is 0 Å². The van der Waals surface area contributed by atoms with Crippen molar-refractivity contribution in [2.24, 2.45) is 11.7 Å². The minimum atomic E-state index is 0.298. The van der Waals surface area contributed by atoms with Crippen molar-refractivity contribution in [1.29, 1.82) is 0 Å². The molecule has 0 saturated heterocycles. The third-order valence-electron chi connectivity index (χ3n) is 4.80. The highest BCUT2D eigenvalue weighted by atomic mass is 16.5. The van der Waals surface area contributed by atoms with Crippen molar-refractivity contribution in [3.05, 3.63) is 35.4 Å². The predicted octanol–water partition coefficient (Wildman–Crippen LogP) is 3.00. The van der Waals surface area contributed by atoms with Gasteiger partial charge in [0.15, 0.2) is 0 Å². The summed E-state index contributed by atoms with van der Waals surface area (Å²) < 4.78 is 5.33. The lowest BCUT2D eigenvalue weighted by molar-refractivity contribution is 0.0831. The van der Waals surface area contributed by atoms with Crippen LogP contribution in [0.4, 0.5) is 0 Å². The third kappa shape index (κ3) is 4.06. The number of methoxy groups -OCH3 is 1. The SMILES string of the molecule is CCc1ccccc1C(CN)N(CCOC)C(C)C1CC1. The van der Waals surface area contributed by atoms with E-state index in [9.17, 15) is 0 Å². The molecule has 0 spiro atoms. The Labute approximate surface area is 129 Å². The van der Waals surface area contributed by atoms with Crippen molar-refractivity contribution in [2.45, 2.75) is 45.2 Å². The molecule has 0 bridgehead atoms. The Morgan fingerprint density at radius 3 is 2.62 bits per heavy atom. The van der Waals surface area contributed by atoms with Crippen molar-refractivity contribution in [1.82, 2.24) is 4.90 Å². The van der Waals surface area contributed by atoms with Crippen LogP contribution in [-0.4, -0.2) is 37.7 Å². The van der Waals surface area contributed by atoms with Gasteiger partial charge in [0.25, 0.3) is 0 Å². The van der Waals surface area contributed by atoms with E-state index in [1.165, 1.54) is 24.0 Å². The van der Waals surface area contributed by atoms with Gasteiger partial charge in [-0.2, -0.15) is 0 Å². The lowest BCUT2D eigenvalue weighted by Crippen LogP contribution is -2.43. The second kappa shape index (κ2) is 7.92. The maximum absolute atomic E-state index is 6.18. The fourth-order valence-corrected chi connectivity index (χ4v) is 3.31. The number of rotatable bonds is 9. The molecule has 0 aromatic heterocycles. The number of aryl methyl sites for hydroxylation is 1. The molecule has 1 aromatic carbocycles. The van der Waals surface area contributed by atoms with Crippen LogP contribution in [0.1, 0.15) is 43.9 Å². The molecule has 1 aliphatic carbocycles. The first-order valence-corrected chi connectivity index (χ1v) is 8.25. The molecule has 0 radical (unpaired) electrons. The summed E-state index contributed by atoms with van der Waals surface area (Å²) in [6, 6.07) is 9.61. The normalized spacial score (nSPS) is 18.0. The minimum absolute atomic E-state index is 0.298. The van der Waals surface area contributed by atoms with Crippen LogP contribution < -0.4 is 5.73 Å². The molecule has 0 amide bonds. The zero-order valence-corrected chi connectivity index (χ0v) is 13.7. The molecule has 3 nitrogen and oxygen atoms in total. The number of nitrogens with zero attached hydrogens (tertiary/aromatic N) is 1. The molecule has 2 rings (SSSR count). The van der Waals surface area contributed by atoms with Crippen LogP contribution in [0.15, 0.2) is 24.3 Å². The first-order chi connectivity index (χ1) is 10.2. The molecule has 2 atom stereocenters. The Balaban J connectivity index is 2.24. The van der Waals surface area contributed by atoms with Crippen LogP contribution in [0, 0.1) is 5.92 Å². The van der Waals surface area contributed by atoms with Gasteiger partial charge in [-0.05, 0) is 43.2 Å². The van der Waals surface area contributed by atoms with Crippen molar-refractivity contribution < 1.29 is 4.74 Å². The van der Waals surface area contributed by atoms with Crippen LogP contribution in [-0.2, 0) is 11.2 Å². The topological polar surface area (TPSA) is 38.5 Å². The van der Waals surface area contributed by atoms with Gasteiger partial charge in [-0.15, -0.1) is 0 Å². The van der Waals surface area contributed by atoms with Gasteiger partial charge in [0.05, 0.1) is 6.61 Å². The van der Waals surface area contributed by atoms with Crippen LogP contribution in [0.2, 0.25) is 0 Å². The lowest BCUT2D eigenvalue weighted by atomic mass is 9.95. The summed E-state index contributed by atoms with van der Waals surface area (Å²) in [4.78, 5) is 2.57. The van der Waals surface area contributed by atoms with E-state index in [1.54, 1.807) is 7.11 Å². The van der Waals surface area contributed by atoms with E-state index in [2.05, 4.69) is 43.0 Å². The zero-order valence-electron chi connectivity index (χ0n) is 13.7. The van der Waals surface area contributed by atoms with Gasteiger partial charge >= 0.3 is 0 Å². The molecule has 3 heteroatoms. The largest absolute Gasteiger partial charge is 0.383 e. The van der Waals surface area contributed by atoms with E-state index in [0.29, 0.717) is 18.6 Å². The maximum Gasteiger partial charge on any atom is 0.0590 e. The van der Waals surface area contributed by atoms with Gasteiger partial charge in [0.1, 0.15) is 0 Å². The Hall–Kier alpha value is -0.900. The minimum Gasteiger partial charge on any atom is -0.383 e. The van der Waals surface area contributed by atoms with Crippen LogP contribution in [0.25, 0.3) is 0 Å². The van der Waals surface area contributed by atoms with Crippen molar-refractivity contribution >= 4 is 0 Å². The summed E-state index contributed by atoms with van der Waals surface area (Å²) >= 11 is 0. The van der Waals surface area contributed by atoms with Crippen LogP contribution >= 0.6 is 0 Å². The number of hydrogen-bond donors (Lipinski definition) is 1. The van der Waals surface area contributed by atoms with Crippen molar-refractivity contribution in [2.75, 3.05) is 26.8 Å². The van der Waals surface area contributed by atoms with Crippen LogP contribution in [0.3, 0.4) is 0 Å². The zero-order chi connectivity index (χ0) is 15.2. The van der Waals surface area contributed by atoms with E-state index in [-0.39, 0.29) is 0 Å². The highest BCUT2D eigenvalue weighted by molar-refractivity contribution is 5.30. The molecule has 2 unspecified atom stereocenters. The molecule has 1 aliphatic rings. The smallest absolute Gasteiger partial charge is 0.0590 e. The monoisotopic (exact) mass is 290 g/mol. The van der Waals surface area contributed by atoms with E-state index >= 15 is 0 Å². The van der Waals surface area contributed by atoms with Gasteiger partial charge in [-0.25, -0.2) is 0 Å². The second-order valence-corrected chi connectivity index (χ2v) is 6.11. The Bertz CT molecular complexity index is 431. The van der Waals surface area contributed by atoms with E-state index in [0.717, 1.165) is 25.5 Å². The molecular formula is C18H30N2O. The molecule has 0 aliphatic heterocycles. The predicted molar refractivity (Wildman–Crippen MR) is 88.4 cm³/mol. The summed E-state index contributed by atoms with van der Waals surface area (Å²) in [7, 11) is 1.78. The molecule has 1 saturated carbocycles. The summed E-state index contributed by atoms with van der Waals surface area (Å²) in [5.41, 5.74) is 8.99. The molecule has 1 aromatic rings. The summed E-state index contributed by atoms with van der Waals surface area (Å²) in [6.45, 7) is 6.95. The second-order valence-electron chi connectivity index (χ2n) is 6.11. The molecular weight excluding hydrogens is 260 g/mol. The lowest BCUT2D eigenvalue weighted by Gasteiger charge is -2.37. The van der Waals surface area contributed by atoms with Gasteiger partial charge in [0.2, 0.25) is 0 Å². The quantitative estimate of drug-likeness (QED) is 0.760. The first kappa shape index (κ1) is 16.5. The fourth-order valence-electron chi connectivity index (χ4n) is 3.31. The molecule has 118 valence electrons. The molecule has 0 heterocycles. The van der Waals surface area contributed by atoms with Crippen molar-refractivity contribution in [3.63, 3.8) is 0 Å². The maximum atomic E-state index is 6.18. The molecule has 1 fully saturated rings. The molecule has 2 N–H and O–H groups in total. The Morgan fingerprint density at radius 1 is 1.33 bits per heavy atom. The highest BCUT2D eigenvalue weighted by Crippen LogP contribution is 2.38. The number of hydrogen-bond acceptors (Lipinski definition) is 3. The number of nitrogens with two attached hydrogens (primary N) is 1. The molecule has 21 heavy (non-hydrogen) atoms. The first-order valence-electron chi connectivity index (χ1n) is 8.25. The Kier molecular flexibility index (Phi) is 6.22. The fraction of sp³-hybridized carbons (Fsp3) is 0.667. The number of ether oxygens (including phenoxy) is 1. The van der Waals surface area contributed by atoms with E-state index in [1.807, 2.05) is 0 Å². The van der Waals surface area contributed by atoms with Gasteiger partial charge in [0, 0.05) is 32.3 Å². The summed E-state index contributed by atoms with van der Waals surface area (Å²) in [5, 5.41) is 0. The summed E-state index contributed by atoms with van der Waals surface area (Å²) in [6.07, 6.45) is 3.78. The summed E-state index contributed by atoms with van der Waals surface area (Å²) in [5.74, 6) is 0.838. The average Bonchev–Trinajstić information content (AvgIpc) is 3.35. The number of benzene rings is 1. The van der Waals surface area contributed by atoms with E-state index in [4.69, 9.17) is 10.5 Å². The standard InChI is InChI=1S/C18H30N2O/c1-4-15-7-5-6-8-17(15)18(13-19)20(11-12-21-3)14(2)16-9-10-16/h5-8,14,16,18H,4,9-13,19H2,1-3H3. The van der Waals surface area contributed by atoms with Gasteiger partial charge in [-0.1, -0.05) is 31.2 Å². The average molecular weight is 290 g/mol. The van der Waals surface area contributed by atoms with Gasteiger partial charge in [-0.3, -0.25) is 4.90 Å². The Morgan fingerprint density at radius 2 is 2.05 bits per heavy atom. The van der Waals surface area contributed by atoms with E-state index < -0.39 is 0 Å².